The monoisotopic (exact) mass is 440 g/mol. The van der Waals surface area contributed by atoms with E-state index in [9.17, 15) is 9.18 Å². The van der Waals surface area contributed by atoms with Crippen LogP contribution >= 0.6 is 0 Å². The molecule has 1 aromatic carbocycles. The van der Waals surface area contributed by atoms with Crippen LogP contribution < -0.4 is 20.3 Å². The summed E-state index contributed by atoms with van der Waals surface area (Å²) < 4.78 is 26.3. The highest BCUT2D eigenvalue weighted by Crippen LogP contribution is 2.26. The van der Waals surface area contributed by atoms with Gasteiger partial charge in [0.1, 0.15) is 19.0 Å². The first-order valence-electron chi connectivity index (χ1n) is 10.9. The van der Waals surface area contributed by atoms with Crippen LogP contribution in [0.15, 0.2) is 35.3 Å². The molecule has 3 aromatic rings. The van der Waals surface area contributed by atoms with Crippen LogP contribution in [0.1, 0.15) is 18.5 Å². The van der Waals surface area contributed by atoms with Crippen LogP contribution in [0.4, 0.5) is 4.39 Å². The van der Waals surface area contributed by atoms with E-state index in [1.54, 1.807) is 10.6 Å². The molecule has 5 rings (SSSR count). The Morgan fingerprint density at radius 1 is 1.09 bits per heavy atom. The number of aromatic nitrogens is 4. The molecule has 0 radical (unpaired) electrons. The molecule has 2 aliphatic rings. The van der Waals surface area contributed by atoms with Crippen LogP contribution in [-0.4, -0.2) is 63.5 Å². The molecule has 1 N–H and O–H groups in total. The lowest BCUT2D eigenvalue weighted by molar-refractivity contribution is 0.161. The average molecular weight is 440 g/mol. The summed E-state index contributed by atoms with van der Waals surface area (Å²) in [6, 6.07) is 6.60. The minimum Gasteiger partial charge on any atom is -0.484 e. The highest BCUT2D eigenvalue weighted by atomic mass is 19.1. The third-order valence-corrected chi connectivity index (χ3v) is 5.97. The maximum atomic E-state index is 13.7. The van der Waals surface area contributed by atoms with Gasteiger partial charge in [-0.1, -0.05) is 0 Å². The Bertz CT molecular complexity index is 1160. The third-order valence-electron chi connectivity index (χ3n) is 5.97. The van der Waals surface area contributed by atoms with Crippen LogP contribution in [0.3, 0.4) is 0 Å². The standard InChI is InChI=1S/C22H25FN6O3/c23-15-1-2-18-19(11-15)29(21(30)14-25-18)8-7-28-5-3-16(4-6-28)24-13-17-12-20-22(27-26-17)32-10-9-31-20/h1-2,11-12,14,16,24H,3-10,13H2. The molecule has 1 saturated heterocycles. The molecule has 0 atom stereocenters. The minimum absolute atomic E-state index is 0.208. The molecule has 1 fully saturated rings. The zero-order valence-electron chi connectivity index (χ0n) is 17.7. The van der Waals surface area contributed by atoms with Crippen molar-refractivity contribution in [3.63, 3.8) is 0 Å². The number of hydrogen-bond donors (Lipinski definition) is 1. The van der Waals surface area contributed by atoms with Gasteiger partial charge in [0.15, 0.2) is 5.75 Å². The Hall–Kier alpha value is -3.11. The second-order valence-corrected chi connectivity index (χ2v) is 8.08. The van der Waals surface area contributed by atoms with Gasteiger partial charge in [-0.25, -0.2) is 9.37 Å². The molecular weight excluding hydrogens is 415 g/mol. The lowest BCUT2D eigenvalue weighted by Crippen LogP contribution is -2.43. The van der Waals surface area contributed by atoms with Crippen LogP contribution in [0.25, 0.3) is 11.0 Å². The van der Waals surface area contributed by atoms with Crippen LogP contribution in [0.5, 0.6) is 11.6 Å². The van der Waals surface area contributed by atoms with E-state index in [0.29, 0.717) is 55.0 Å². The van der Waals surface area contributed by atoms with E-state index in [0.717, 1.165) is 38.2 Å². The molecule has 4 heterocycles. The second kappa shape index (κ2) is 9.17. The van der Waals surface area contributed by atoms with E-state index in [2.05, 4.69) is 25.4 Å². The van der Waals surface area contributed by atoms with Crippen molar-refractivity contribution in [1.82, 2.24) is 30.0 Å². The number of nitrogens with one attached hydrogen (secondary N) is 1. The van der Waals surface area contributed by atoms with Crippen molar-refractivity contribution in [2.45, 2.75) is 32.0 Å². The predicted octanol–water partition coefficient (Wildman–Crippen LogP) is 1.35. The molecule has 0 bridgehead atoms. The topological polar surface area (TPSA) is 94.4 Å². The number of halogens is 1. The predicted molar refractivity (Wildman–Crippen MR) is 115 cm³/mol. The summed E-state index contributed by atoms with van der Waals surface area (Å²) in [6.45, 7) is 4.74. The molecular formula is C22H25FN6O3. The Morgan fingerprint density at radius 2 is 1.94 bits per heavy atom. The Morgan fingerprint density at radius 3 is 2.81 bits per heavy atom. The molecule has 9 nitrogen and oxygen atoms in total. The van der Waals surface area contributed by atoms with Crippen molar-refractivity contribution >= 4 is 11.0 Å². The highest BCUT2D eigenvalue weighted by molar-refractivity contribution is 5.74. The summed E-state index contributed by atoms with van der Waals surface area (Å²) >= 11 is 0. The lowest BCUT2D eigenvalue weighted by atomic mass is 10.0. The number of piperidine rings is 1. The van der Waals surface area contributed by atoms with Gasteiger partial charge < -0.3 is 24.3 Å². The Balaban J connectivity index is 1.13. The lowest BCUT2D eigenvalue weighted by Gasteiger charge is -2.32. The summed E-state index contributed by atoms with van der Waals surface area (Å²) in [5, 5.41) is 11.8. The number of nitrogens with zero attached hydrogens (tertiary/aromatic N) is 5. The van der Waals surface area contributed by atoms with E-state index < -0.39 is 0 Å². The molecule has 0 amide bonds. The van der Waals surface area contributed by atoms with Gasteiger partial charge in [0.05, 0.1) is 22.9 Å². The first-order chi connectivity index (χ1) is 15.7. The first-order valence-corrected chi connectivity index (χ1v) is 10.9. The number of fused-ring (bicyclic) bond motifs is 2. The van der Waals surface area contributed by atoms with Gasteiger partial charge in [-0.05, 0) is 44.1 Å². The van der Waals surface area contributed by atoms with Gasteiger partial charge in [0.2, 0.25) is 0 Å². The Labute approximate surface area is 184 Å². The summed E-state index contributed by atoms with van der Waals surface area (Å²) in [7, 11) is 0. The van der Waals surface area contributed by atoms with Gasteiger partial charge in [-0.3, -0.25) is 4.79 Å². The van der Waals surface area contributed by atoms with Crippen molar-refractivity contribution in [2.75, 3.05) is 32.8 Å². The zero-order valence-corrected chi connectivity index (χ0v) is 17.7. The van der Waals surface area contributed by atoms with E-state index in [-0.39, 0.29) is 11.4 Å². The molecule has 0 aliphatic carbocycles. The number of benzene rings is 1. The molecule has 10 heteroatoms. The zero-order chi connectivity index (χ0) is 21.9. The third kappa shape index (κ3) is 4.56. The molecule has 0 unspecified atom stereocenters. The minimum atomic E-state index is -0.367. The summed E-state index contributed by atoms with van der Waals surface area (Å²) in [5.41, 5.74) is 1.78. The summed E-state index contributed by atoms with van der Waals surface area (Å²) in [4.78, 5) is 18.7. The van der Waals surface area contributed by atoms with E-state index >= 15 is 0 Å². The summed E-state index contributed by atoms with van der Waals surface area (Å²) in [6.07, 6.45) is 3.30. The van der Waals surface area contributed by atoms with E-state index in [1.807, 2.05) is 6.07 Å². The van der Waals surface area contributed by atoms with Gasteiger partial charge >= 0.3 is 0 Å². The van der Waals surface area contributed by atoms with Crippen molar-refractivity contribution < 1.29 is 13.9 Å². The SMILES string of the molecule is O=c1cnc2ccc(F)cc2n1CCN1CCC(NCc2cc3c(nn2)OCCO3)CC1. The molecule has 0 saturated carbocycles. The van der Waals surface area contributed by atoms with Crippen LogP contribution in [-0.2, 0) is 13.1 Å². The molecule has 0 spiro atoms. The number of rotatable bonds is 6. The Kier molecular flexibility index (Phi) is 5.95. The number of likely N-dealkylation sites (tertiary alicyclic amines) is 1. The maximum Gasteiger partial charge on any atom is 0.276 e. The fourth-order valence-corrected chi connectivity index (χ4v) is 4.20. The van der Waals surface area contributed by atoms with Crippen LogP contribution in [0.2, 0.25) is 0 Å². The van der Waals surface area contributed by atoms with E-state index in [1.165, 1.54) is 18.3 Å². The molecule has 2 aliphatic heterocycles. The van der Waals surface area contributed by atoms with Crippen molar-refractivity contribution in [1.29, 1.82) is 0 Å². The second-order valence-electron chi connectivity index (χ2n) is 8.08. The molecule has 168 valence electrons. The van der Waals surface area contributed by atoms with Gasteiger partial charge in [-0.15, -0.1) is 5.10 Å². The highest BCUT2D eigenvalue weighted by Gasteiger charge is 2.20. The average Bonchev–Trinajstić information content (AvgIpc) is 2.82. The summed E-state index contributed by atoms with van der Waals surface area (Å²) in [5.74, 6) is 0.738. The fraction of sp³-hybridized carbons (Fsp3) is 0.455. The molecule has 2 aromatic heterocycles. The largest absolute Gasteiger partial charge is 0.484 e. The first kappa shape index (κ1) is 20.8. The number of ether oxygens (including phenoxy) is 2. The molecule has 32 heavy (non-hydrogen) atoms. The van der Waals surface area contributed by atoms with Crippen molar-refractivity contribution in [3.8, 4) is 11.6 Å². The van der Waals surface area contributed by atoms with Gasteiger partial charge in [0.25, 0.3) is 11.4 Å². The van der Waals surface area contributed by atoms with Crippen molar-refractivity contribution in [2.24, 2.45) is 0 Å². The smallest absolute Gasteiger partial charge is 0.276 e. The van der Waals surface area contributed by atoms with E-state index in [4.69, 9.17) is 9.47 Å². The van der Waals surface area contributed by atoms with Gasteiger partial charge in [0, 0.05) is 31.7 Å². The van der Waals surface area contributed by atoms with Crippen LogP contribution in [0, 0.1) is 5.82 Å². The fourth-order valence-electron chi connectivity index (χ4n) is 4.20. The number of hydrogen-bond acceptors (Lipinski definition) is 8. The van der Waals surface area contributed by atoms with Gasteiger partial charge in [-0.2, -0.15) is 5.10 Å². The normalized spacial score (nSPS) is 17.0. The van der Waals surface area contributed by atoms with Crippen molar-refractivity contribution in [3.05, 3.63) is 52.3 Å². The maximum absolute atomic E-state index is 13.7. The quantitative estimate of drug-likeness (QED) is 0.614.